The molecule has 0 aliphatic rings. The molecule has 116 valence electrons. The number of carbonyl (C=O) groups excluding carboxylic acids is 2. The van der Waals surface area contributed by atoms with E-state index in [0.29, 0.717) is 6.42 Å². The normalized spacial score (nSPS) is 11.8. The van der Waals surface area contributed by atoms with Gasteiger partial charge < -0.3 is 16.4 Å². The van der Waals surface area contributed by atoms with E-state index in [4.69, 9.17) is 5.73 Å². The fraction of sp³-hybridized carbons (Fsp3) is 0.429. The minimum absolute atomic E-state index is 0.0528. The van der Waals surface area contributed by atoms with E-state index in [9.17, 15) is 18.4 Å². The highest BCUT2D eigenvalue weighted by Crippen LogP contribution is 2.11. The summed E-state index contributed by atoms with van der Waals surface area (Å²) in [6.45, 7) is 2.10. The van der Waals surface area contributed by atoms with E-state index < -0.39 is 29.1 Å². The molecule has 0 bridgehead atoms. The van der Waals surface area contributed by atoms with Crippen LogP contribution in [0.4, 0.5) is 8.78 Å². The summed E-state index contributed by atoms with van der Waals surface area (Å²) in [4.78, 5) is 23.1. The van der Waals surface area contributed by atoms with Crippen LogP contribution in [0.3, 0.4) is 0 Å². The number of halogens is 2. The molecule has 0 fully saturated rings. The zero-order valence-electron chi connectivity index (χ0n) is 11.8. The highest BCUT2D eigenvalue weighted by molar-refractivity contribution is 5.94. The summed E-state index contributed by atoms with van der Waals surface area (Å²) < 4.78 is 26.7. The van der Waals surface area contributed by atoms with E-state index in [0.717, 1.165) is 18.6 Å². The fourth-order valence-corrected chi connectivity index (χ4v) is 1.74. The minimum atomic E-state index is -0.929. The van der Waals surface area contributed by atoms with E-state index in [1.54, 1.807) is 0 Å². The van der Waals surface area contributed by atoms with Crippen LogP contribution in [-0.4, -0.2) is 30.9 Å². The molecule has 1 unspecified atom stereocenters. The Balaban J connectivity index is 2.39. The van der Waals surface area contributed by atoms with Gasteiger partial charge in [0, 0.05) is 13.1 Å². The van der Waals surface area contributed by atoms with Crippen molar-refractivity contribution < 1.29 is 18.4 Å². The molecule has 1 aromatic rings. The molecule has 0 aliphatic carbocycles. The number of carbonyl (C=O) groups is 2. The van der Waals surface area contributed by atoms with Crippen molar-refractivity contribution in [2.75, 3.05) is 13.1 Å². The third-order valence-corrected chi connectivity index (χ3v) is 2.84. The molecule has 5 nitrogen and oxygen atoms in total. The lowest BCUT2D eigenvalue weighted by molar-refractivity contribution is -0.122. The summed E-state index contributed by atoms with van der Waals surface area (Å²) in [6, 6.07) is 2.60. The van der Waals surface area contributed by atoms with Gasteiger partial charge in [-0.1, -0.05) is 19.4 Å². The Morgan fingerprint density at radius 3 is 2.33 bits per heavy atom. The van der Waals surface area contributed by atoms with Crippen LogP contribution in [-0.2, 0) is 4.79 Å². The number of amides is 2. The first-order valence-electron chi connectivity index (χ1n) is 6.72. The molecule has 0 radical (unpaired) electrons. The minimum Gasteiger partial charge on any atom is -0.353 e. The molecular weight excluding hydrogens is 280 g/mol. The Kier molecular flexibility index (Phi) is 6.74. The Labute approximate surface area is 121 Å². The number of benzene rings is 1. The number of hydrogen-bond donors (Lipinski definition) is 3. The average Bonchev–Trinajstić information content (AvgIpc) is 2.43. The second-order valence-electron chi connectivity index (χ2n) is 4.54. The summed E-state index contributed by atoms with van der Waals surface area (Å²) in [7, 11) is 0. The van der Waals surface area contributed by atoms with Crippen LogP contribution < -0.4 is 16.4 Å². The van der Waals surface area contributed by atoms with Gasteiger partial charge in [0.1, 0.15) is 17.2 Å². The predicted octanol–water partition coefficient (Wildman–Crippen LogP) is 0.938. The van der Waals surface area contributed by atoms with E-state index in [-0.39, 0.29) is 19.0 Å². The summed E-state index contributed by atoms with van der Waals surface area (Å²) in [5.74, 6) is -3.04. The lowest BCUT2D eigenvalue weighted by Crippen LogP contribution is -2.43. The quantitative estimate of drug-likeness (QED) is 0.655. The van der Waals surface area contributed by atoms with Gasteiger partial charge in [-0.05, 0) is 18.6 Å². The third kappa shape index (κ3) is 5.11. The molecule has 4 N–H and O–H groups in total. The largest absolute Gasteiger partial charge is 0.353 e. The molecule has 7 heteroatoms. The first kappa shape index (κ1) is 17.0. The molecule has 0 spiro atoms. The monoisotopic (exact) mass is 299 g/mol. The molecule has 0 aromatic heterocycles. The summed E-state index contributed by atoms with van der Waals surface area (Å²) in [6.07, 6.45) is 1.36. The van der Waals surface area contributed by atoms with Crippen LogP contribution in [0.25, 0.3) is 0 Å². The van der Waals surface area contributed by atoms with Crippen LogP contribution in [0.15, 0.2) is 18.2 Å². The first-order chi connectivity index (χ1) is 9.97. The fourth-order valence-electron chi connectivity index (χ4n) is 1.74. The zero-order valence-corrected chi connectivity index (χ0v) is 11.8. The van der Waals surface area contributed by atoms with Crippen LogP contribution >= 0.6 is 0 Å². The van der Waals surface area contributed by atoms with Crippen molar-refractivity contribution in [3.8, 4) is 0 Å². The van der Waals surface area contributed by atoms with Gasteiger partial charge in [0.25, 0.3) is 5.91 Å². The van der Waals surface area contributed by atoms with Crippen molar-refractivity contribution in [3.63, 3.8) is 0 Å². The van der Waals surface area contributed by atoms with Gasteiger partial charge in [0.15, 0.2) is 0 Å². The van der Waals surface area contributed by atoms with Gasteiger partial charge in [0.05, 0.1) is 6.04 Å². The first-order valence-corrected chi connectivity index (χ1v) is 6.72. The molecule has 0 aliphatic heterocycles. The van der Waals surface area contributed by atoms with Crippen molar-refractivity contribution in [3.05, 3.63) is 35.4 Å². The Morgan fingerprint density at radius 2 is 1.76 bits per heavy atom. The summed E-state index contributed by atoms with van der Waals surface area (Å²) in [5.41, 5.74) is 4.97. The molecular formula is C14H19F2N3O2. The van der Waals surface area contributed by atoms with Crippen LogP contribution in [0.2, 0.25) is 0 Å². The molecule has 0 saturated carbocycles. The lowest BCUT2D eigenvalue weighted by atomic mass is 10.1. The van der Waals surface area contributed by atoms with Crippen LogP contribution in [0.1, 0.15) is 30.1 Å². The SMILES string of the molecule is CCCC(N)C(=O)NCCNC(=O)c1c(F)cccc1F. The Bertz CT molecular complexity index is 489. The topological polar surface area (TPSA) is 84.2 Å². The summed E-state index contributed by atoms with van der Waals surface area (Å²) in [5, 5.41) is 4.87. The third-order valence-electron chi connectivity index (χ3n) is 2.84. The summed E-state index contributed by atoms with van der Waals surface area (Å²) >= 11 is 0. The van der Waals surface area contributed by atoms with Crippen LogP contribution in [0.5, 0.6) is 0 Å². The van der Waals surface area contributed by atoms with E-state index in [2.05, 4.69) is 10.6 Å². The van der Waals surface area contributed by atoms with Crippen molar-refractivity contribution in [2.24, 2.45) is 5.73 Å². The molecule has 0 heterocycles. The van der Waals surface area contributed by atoms with E-state index in [1.165, 1.54) is 6.07 Å². The highest BCUT2D eigenvalue weighted by Gasteiger charge is 2.16. The molecule has 2 amide bonds. The molecule has 1 rings (SSSR count). The maximum Gasteiger partial charge on any atom is 0.257 e. The number of nitrogens with two attached hydrogens (primary N) is 1. The molecule has 21 heavy (non-hydrogen) atoms. The van der Waals surface area contributed by atoms with Gasteiger partial charge in [-0.15, -0.1) is 0 Å². The molecule has 1 atom stereocenters. The zero-order chi connectivity index (χ0) is 15.8. The second kappa shape index (κ2) is 8.31. The van der Waals surface area contributed by atoms with E-state index >= 15 is 0 Å². The van der Waals surface area contributed by atoms with Gasteiger partial charge >= 0.3 is 0 Å². The van der Waals surface area contributed by atoms with Crippen molar-refractivity contribution >= 4 is 11.8 Å². The maximum atomic E-state index is 13.3. The Hall–Kier alpha value is -2.02. The van der Waals surface area contributed by atoms with Gasteiger partial charge in [-0.25, -0.2) is 8.78 Å². The molecule has 0 saturated heterocycles. The number of rotatable bonds is 7. The second-order valence-corrected chi connectivity index (χ2v) is 4.54. The predicted molar refractivity (Wildman–Crippen MR) is 74.6 cm³/mol. The van der Waals surface area contributed by atoms with Gasteiger partial charge in [-0.2, -0.15) is 0 Å². The number of hydrogen-bond acceptors (Lipinski definition) is 3. The highest BCUT2D eigenvalue weighted by atomic mass is 19.1. The Morgan fingerprint density at radius 1 is 1.19 bits per heavy atom. The standard InChI is InChI=1S/C14H19F2N3O2/c1-2-4-11(17)13(20)18-7-8-19-14(21)12-9(15)5-3-6-10(12)16/h3,5-6,11H,2,4,7-8,17H2,1H3,(H,18,20)(H,19,21). The van der Waals surface area contributed by atoms with Crippen LogP contribution in [0, 0.1) is 11.6 Å². The lowest BCUT2D eigenvalue weighted by Gasteiger charge is -2.11. The van der Waals surface area contributed by atoms with Crippen molar-refractivity contribution in [1.82, 2.24) is 10.6 Å². The average molecular weight is 299 g/mol. The van der Waals surface area contributed by atoms with Gasteiger partial charge in [0.2, 0.25) is 5.91 Å². The van der Waals surface area contributed by atoms with E-state index in [1.807, 2.05) is 6.92 Å². The number of nitrogens with one attached hydrogen (secondary N) is 2. The maximum absolute atomic E-state index is 13.3. The van der Waals surface area contributed by atoms with Crippen molar-refractivity contribution in [1.29, 1.82) is 0 Å². The van der Waals surface area contributed by atoms with Gasteiger partial charge in [-0.3, -0.25) is 9.59 Å². The van der Waals surface area contributed by atoms with Crippen molar-refractivity contribution in [2.45, 2.75) is 25.8 Å². The smallest absolute Gasteiger partial charge is 0.257 e. The molecule has 1 aromatic carbocycles.